The molecular weight excluding hydrogens is 297 g/mol. The summed E-state index contributed by atoms with van der Waals surface area (Å²) in [7, 11) is 0. The van der Waals surface area contributed by atoms with Crippen LogP contribution in [0.15, 0.2) is 18.2 Å². The van der Waals surface area contributed by atoms with Gasteiger partial charge in [0.25, 0.3) is 0 Å². The lowest BCUT2D eigenvalue weighted by Crippen LogP contribution is -2.42. The molecule has 0 aliphatic carbocycles. The van der Waals surface area contributed by atoms with Crippen molar-refractivity contribution >= 4 is 34.6 Å². The molecule has 0 spiro atoms. The zero-order valence-electron chi connectivity index (χ0n) is 10.7. The topological polar surface area (TPSA) is 24.1 Å². The average molecular weight is 311 g/mol. The first-order valence-corrected chi connectivity index (χ1v) is 6.23. The zero-order valence-corrected chi connectivity index (χ0v) is 12.2. The quantitative estimate of drug-likeness (QED) is 0.750. The molecule has 0 unspecified atom stereocenters. The van der Waals surface area contributed by atoms with Crippen LogP contribution in [-0.4, -0.2) is 10.7 Å². The van der Waals surface area contributed by atoms with Gasteiger partial charge in [0.2, 0.25) is 0 Å². The Morgan fingerprint density at radius 3 is 2.26 bits per heavy atom. The summed E-state index contributed by atoms with van der Waals surface area (Å²) in [5.41, 5.74) is -0.931. The maximum absolute atomic E-state index is 12.7. The number of alkyl halides is 3. The minimum atomic E-state index is -4.49. The molecule has 1 aromatic rings. The van der Waals surface area contributed by atoms with Crippen LogP contribution in [0, 0.1) is 0 Å². The van der Waals surface area contributed by atoms with E-state index in [-0.39, 0.29) is 21.4 Å². The Morgan fingerprint density at radius 1 is 1.21 bits per heavy atom. The van der Waals surface area contributed by atoms with Gasteiger partial charge in [-0.15, -0.1) is 0 Å². The van der Waals surface area contributed by atoms with E-state index in [1.165, 1.54) is 12.1 Å². The normalized spacial score (nSPS) is 12.2. The van der Waals surface area contributed by atoms with Gasteiger partial charge in [0, 0.05) is 11.2 Å². The summed E-state index contributed by atoms with van der Waals surface area (Å²) in [4.78, 5) is 0. The molecule has 19 heavy (non-hydrogen) atoms. The Labute approximate surface area is 120 Å². The number of thiocarbonyl (C=S) groups is 1. The summed E-state index contributed by atoms with van der Waals surface area (Å²) in [6, 6.07) is 3.56. The lowest BCUT2D eigenvalue weighted by molar-refractivity contribution is -0.137. The second kappa shape index (κ2) is 5.54. The molecule has 0 fully saturated rings. The van der Waals surface area contributed by atoms with Crippen molar-refractivity contribution in [1.82, 2.24) is 5.32 Å². The number of rotatable bonds is 1. The maximum Gasteiger partial charge on any atom is 0.417 e. The van der Waals surface area contributed by atoms with Crippen molar-refractivity contribution in [2.45, 2.75) is 32.5 Å². The van der Waals surface area contributed by atoms with Crippen molar-refractivity contribution < 1.29 is 13.2 Å². The Hall–Kier alpha value is -1.01. The summed E-state index contributed by atoms with van der Waals surface area (Å²) < 4.78 is 38.0. The van der Waals surface area contributed by atoms with Crippen molar-refractivity contribution in [2.24, 2.45) is 0 Å². The van der Waals surface area contributed by atoms with Crippen LogP contribution in [0.25, 0.3) is 0 Å². The average Bonchev–Trinajstić information content (AvgIpc) is 2.16. The van der Waals surface area contributed by atoms with Crippen molar-refractivity contribution in [1.29, 1.82) is 0 Å². The Bertz CT molecular complexity index is 481. The molecule has 0 bridgehead atoms. The molecule has 1 rings (SSSR count). The first-order chi connectivity index (χ1) is 8.49. The van der Waals surface area contributed by atoms with Gasteiger partial charge in [0.1, 0.15) is 0 Å². The lowest BCUT2D eigenvalue weighted by Gasteiger charge is -2.23. The fourth-order valence-electron chi connectivity index (χ4n) is 1.32. The van der Waals surface area contributed by atoms with E-state index in [0.29, 0.717) is 0 Å². The van der Waals surface area contributed by atoms with Gasteiger partial charge in [-0.25, -0.2) is 0 Å². The van der Waals surface area contributed by atoms with Crippen LogP contribution >= 0.6 is 23.8 Å². The molecular formula is C12H14ClF3N2S. The third kappa shape index (κ3) is 5.24. The SMILES string of the molecule is CC(C)(C)NC(=S)Nc1ccc(Cl)c(C(F)(F)F)c1. The number of benzene rings is 1. The fraction of sp³-hybridized carbons (Fsp3) is 0.417. The second-order valence-electron chi connectivity index (χ2n) is 5.02. The molecule has 0 aromatic heterocycles. The van der Waals surface area contributed by atoms with Gasteiger partial charge in [-0.3, -0.25) is 0 Å². The predicted molar refractivity (Wildman–Crippen MR) is 75.6 cm³/mol. The van der Waals surface area contributed by atoms with E-state index in [9.17, 15) is 13.2 Å². The molecule has 0 saturated heterocycles. The highest BCUT2D eigenvalue weighted by Crippen LogP contribution is 2.36. The smallest absolute Gasteiger partial charge is 0.358 e. The van der Waals surface area contributed by atoms with Gasteiger partial charge in [0.15, 0.2) is 5.11 Å². The highest BCUT2D eigenvalue weighted by Gasteiger charge is 2.33. The van der Waals surface area contributed by atoms with Crippen molar-refractivity contribution in [3.8, 4) is 0 Å². The van der Waals surface area contributed by atoms with E-state index in [0.717, 1.165) is 6.07 Å². The molecule has 7 heteroatoms. The largest absolute Gasteiger partial charge is 0.417 e. The van der Waals surface area contributed by atoms with Crippen LogP contribution in [0.5, 0.6) is 0 Å². The molecule has 0 atom stereocenters. The van der Waals surface area contributed by atoms with E-state index in [2.05, 4.69) is 10.6 Å². The highest BCUT2D eigenvalue weighted by molar-refractivity contribution is 7.80. The number of anilines is 1. The molecule has 0 saturated carbocycles. The van der Waals surface area contributed by atoms with Crippen LogP contribution in [0.3, 0.4) is 0 Å². The number of hydrogen-bond acceptors (Lipinski definition) is 1. The third-order valence-corrected chi connectivity index (χ3v) is 2.55. The Kier molecular flexibility index (Phi) is 4.68. The van der Waals surface area contributed by atoms with Gasteiger partial charge < -0.3 is 10.6 Å². The molecule has 106 valence electrons. The summed E-state index contributed by atoms with van der Waals surface area (Å²) in [6.07, 6.45) is -4.49. The van der Waals surface area contributed by atoms with E-state index in [1.807, 2.05) is 20.8 Å². The maximum atomic E-state index is 12.7. The Balaban J connectivity index is 2.89. The second-order valence-corrected chi connectivity index (χ2v) is 5.84. The third-order valence-electron chi connectivity index (χ3n) is 2.02. The monoisotopic (exact) mass is 310 g/mol. The molecule has 2 nitrogen and oxygen atoms in total. The first-order valence-electron chi connectivity index (χ1n) is 5.45. The van der Waals surface area contributed by atoms with Crippen molar-refractivity contribution in [3.05, 3.63) is 28.8 Å². The molecule has 0 heterocycles. The number of nitrogens with one attached hydrogen (secondary N) is 2. The minimum Gasteiger partial charge on any atom is -0.358 e. The predicted octanol–water partition coefficient (Wildman–Crippen LogP) is 4.44. The fourth-order valence-corrected chi connectivity index (χ4v) is 1.97. The van der Waals surface area contributed by atoms with Gasteiger partial charge in [-0.1, -0.05) is 11.6 Å². The molecule has 0 aliphatic heterocycles. The van der Waals surface area contributed by atoms with Gasteiger partial charge in [-0.05, 0) is 51.2 Å². The number of hydrogen-bond donors (Lipinski definition) is 2. The van der Waals surface area contributed by atoms with E-state index in [1.54, 1.807) is 0 Å². The zero-order chi connectivity index (χ0) is 14.8. The minimum absolute atomic E-state index is 0.235. The molecule has 0 aliphatic rings. The van der Waals surface area contributed by atoms with Crippen LogP contribution in [0.4, 0.5) is 18.9 Å². The van der Waals surface area contributed by atoms with E-state index >= 15 is 0 Å². The summed E-state index contributed by atoms with van der Waals surface area (Å²) in [6.45, 7) is 5.68. The molecule has 0 radical (unpaired) electrons. The standard InChI is InChI=1S/C12H14ClF3N2S/c1-11(2,3)18-10(19)17-7-4-5-9(13)8(6-7)12(14,15)16/h4-6H,1-3H3,(H2,17,18,19). The summed E-state index contributed by atoms with van der Waals surface area (Å²) >= 11 is 10.5. The lowest BCUT2D eigenvalue weighted by atomic mass is 10.1. The van der Waals surface area contributed by atoms with E-state index < -0.39 is 11.7 Å². The summed E-state index contributed by atoms with van der Waals surface area (Å²) in [5.74, 6) is 0. The van der Waals surface area contributed by atoms with Gasteiger partial charge in [-0.2, -0.15) is 13.2 Å². The van der Waals surface area contributed by atoms with Crippen molar-refractivity contribution in [2.75, 3.05) is 5.32 Å². The van der Waals surface area contributed by atoms with Gasteiger partial charge in [0.05, 0.1) is 10.6 Å². The molecule has 2 N–H and O–H groups in total. The van der Waals surface area contributed by atoms with Gasteiger partial charge >= 0.3 is 6.18 Å². The first kappa shape index (κ1) is 16.0. The van der Waals surface area contributed by atoms with Crippen molar-refractivity contribution in [3.63, 3.8) is 0 Å². The van der Waals surface area contributed by atoms with Crippen LogP contribution in [0.2, 0.25) is 5.02 Å². The Morgan fingerprint density at radius 2 is 1.79 bits per heavy atom. The molecule has 1 aromatic carbocycles. The van der Waals surface area contributed by atoms with Crippen LogP contribution < -0.4 is 10.6 Å². The summed E-state index contributed by atoms with van der Waals surface area (Å²) in [5, 5.41) is 5.56. The highest BCUT2D eigenvalue weighted by atomic mass is 35.5. The number of halogens is 4. The van der Waals surface area contributed by atoms with Crippen LogP contribution in [-0.2, 0) is 6.18 Å². The van der Waals surface area contributed by atoms with E-state index in [4.69, 9.17) is 23.8 Å². The van der Waals surface area contributed by atoms with Crippen LogP contribution in [0.1, 0.15) is 26.3 Å². The molecule has 0 amide bonds.